The monoisotopic (exact) mass is 258 g/mol. The third-order valence-electron chi connectivity index (χ3n) is 2.33. The van der Waals surface area contributed by atoms with Crippen LogP contribution < -0.4 is 5.73 Å². The molecule has 0 saturated carbocycles. The number of aromatic nitrogens is 5. The second kappa shape index (κ2) is 4.26. The minimum atomic E-state index is 0.390. The highest BCUT2D eigenvalue weighted by Crippen LogP contribution is 2.28. The Morgan fingerprint density at radius 3 is 2.50 bits per heavy atom. The van der Waals surface area contributed by atoms with Gasteiger partial charge in [0.1, 0.15) is 10.9 Å². The summed E-state index contributed by atoms with van der Waals surface area (Å²) in [6.45, 7) is 1.84. The quantitative estimate of drug-likeness (QED) is 0.728. The number of benzene rings is 1. The molecule has 0 spiro atoms. The first-order chi connectivity index (χ1) is 8.72. The molecule has 0 amide bonds. The molecule has 0 saturated heterocycles. The molecule has 0 atom stereocenters. The van der Waals surface area contributed by atoms with E-state index in [9.17, 15) is 0 Å². The van der Waals surface area contributed by atoms with Gasteiger partial charge in [0.2, 0.25) is 5.16 Å². The lowest BCUT2D eigenvalue weighted by molar-refractivity contribution is 0.965. The molecule has 0 radical (unpaired) electrons. The van der Waals surface area contributed by atoms with Gasteiger partial charge in [0.05, 0.1) is 11.0 Å². The minimum absolute atomic E-state index is 0.390. The van der Waals surface area contributed by atoms with Gasteiger partial charge in [0.15, 0.2) is 5.82 Å². The van der Waals surface area contributed by atoms with Crippen LogP contribution in [0.1, 0.15) is 5.82 Å². The van der Waals surface area contributed by atoms with Gasteiger partial charge >= 0.3 is 0 Å². The number of hydrogen-bond acceptors (Lipinski definition) is 6. The van der Waals surface area contributed by atoms with E-state index in [0.717, 1.165) is 16.9 Å². The summed E-state index contributed by atoms with van der Waals surface area (Å²) in [5.41, 5.74) is 7.47. The lowest BCUT2D eigenvalue weighted by atomic mass is 10.3. The number of fused-ring (bicyclic) bond motifs is 1. The maximum Gasteiger partial charge on any atom is 0.214 e. The van der Waals surface area contributed by atoms with E-state index in [4.69, 9.17) is 5.73 Å². The molecular formula is C11H10N6S. The highest BCUT2D eigenvalue weighted by molar-refractivity contribution is 7.99. The Morgan fingerprint density at radius 1 is 1.11 bits per heavy atom. The molecular weight excluding hydrogens is 248 g/mol. The van der Waals surface area contributed by atoms with Crippen molar-refractivity contribution in [3.63, 3.8) is 0 Å². The Balaban J connectivity index is 2.03. The van der Waals surface area contributed by atoms with Gasteiger partial charge in [-0.15, -0.1) is 5.10 Å². The number of nitrogens with two attached hydrogens (primary N) is 1. The van der Waals surface area contributed by atoms with Crippen molar-refractivity contribution in [1.29, 1.82) is 0 Å². The average Bonchev–Trinajstić information content (AvgIpc) is 2.76. The predicted molar refractivity (Wildman–Crippen MR) is 69.2 cm³/mol. The summed E-state index contributed by atoms with van der Waals surface area (Å²) in [5, 5.41) is 8.02. The number of para-hydroxylation sites is 2. The van der Waals surface area contributed by atoms with E-state index in [2.05, 4.69) is 25.1 Å². The fraction of sp³-hybridized carbons (Fsp3) is 0.0909. The van der Waals surface area contributed by atoms with Gasteiger partial charge in [-0.3, -0.25) is 5.10 Å². The van der Waals surface area contributed by atoms with Crippen LogP contribution in [-0.2, 0) is 0 Å². The van der Waals surface area contributed by atoms with Crippen LogP contribution in [0.25, 0.3) is 11.0 Å². The molecule has 2 heterocycles. The fourth-order valence-electron chi connectivity index (χ4n) is 1.53. The fourth-order valence-corrected chi connectivity index (χ4v) is 2.27. The molecule has 0 aliphatic carbocycles. The Hall–Kier alpha value is -2.15. The Kier molecular flexibility index (Phi) is 2.60. The van der Waals surface area contributed by atoms with E-state index in [0.29, 0.717) is 16.0 Å². The second-order valence-electron chi connectivity index (χ2n) is 3.71. The molecule has 2 aromatic heterocycles. The van der Waals surface area contributed by atoms with Crippen molar-refractivity contribution < 1.29 is 0 Å². The zero-order chi connectivity index (χ0) is 12.5. The highest BCUT2D eigenvalue weighted by Gasteiger charge is 2.10. The van der Waals surface area contributed by atoms with Crippen molar-refractivity contribution >= 4 is 28.6 Å². The van der Waals surface area contributed by atoms with Gasteiger partial charge in [0, 0.05) is 0 Å². The normalized spacial score (nSPS) is 10.9. The Labute approximate surface area is 107 Å². The molecule has 3 N–H and O–H groups in total. The Bertz CT molecular complexity index is 708. The second-order valence-corrected chi connectivity index (χ2v) is 4.66. The van der Waals surface area contributed by atoms with Crippen molar-refractivity contribution in [2.45, 2.75) is 17.1 Å². The third kappa shape index (κ3) is 2.00. The molecule has 90 valence electrons. The number of anilines is 1. The van der Waals surface area contributed by atoms with Crippen LogP contribution in [0.4, 0.5) is 5.82 Å². The first-order valence-electron chi connectivity index (χ1n) is 5.31. The van der Waals surface area contributed by atoms with Gasteiger partial charge in [0.25, 0.3) is 0 Å². The van der Waals surface area contributed by atoms with Gasteiger partial charge in [-0.25, -0.2) is 15.0 Å². The summed E-state index contributed by atoms with van der Waals surface area (Å²) in [4.78, 5) is 13.0. The van der Waals surface area contributed by atoms with Crippen molar-refractivity contribution in [3.05, 3.63) is 30.1 Å². The van der Waals surface area contributed by atoms with Crippen molar-refractivity contribution in [2.75, 3.05) is 5.73 Å². The summed E-state index contributed by atoms with van der Waals surface area (Å²) in [6, 6.07) is 7.60. The van der Waals surface area contributed by atoms with E-state index < -0.39 is 0 Å². The number of nitrogen functional groups attached to an aromatic ring is 1. The molecule has 0 bridgehead atoms. The molecule has 3 aromatic rings. The number of aromatic amines is 1. The average molecular weight is 258 g/mol. The van der Waals surface area contributed by atoms with Crippen LogP contribution >= 0.6 is 11.8 Å². The van der Waals surface area contributed by atoms with Crippen molar-refractivity contribution in [3.8, 4) is 0 Å². The molecule has 7 heteroatoms. The maximum atomic E-state index is 5.88. The zero-order valence-electron chi connectivity index (χ0n) is 9.58. The summed E-state index contributed by atoms with van der Waals surface area (Å²) in [5.74, 6) is 1.14. The molecule has 3 rings (SSSR count). The highest BCUT2D eigenvalue weighted by atomic mass is 32.2. The first-order valence-corrected chi connectivity index (χ1v) is 6.13. The number of hydrogen-bond donors (Lipinski definition) is 2. The zero-order valence-corrected chi connectivity index (χ0v) is 10.4. The number of H-pyrrole nitrogens is 1. The van der Waals surface area contributed by atoms with E-state index in [1.54, 1.807) is 0 Å². The van der Waals surface area contributed by atoms with Crippen molar-refractivity contribution in [1.82, 2.24) is 25.1 Å². The largest absolute Gasteiger partial charge is 0.381 e. The van der Waals surface area contributed by atoms with Gasteiger partial charge < -0.3 is 5.73 Å². The van der Waals surface area contributed by atoms with Crippen LogP contribution in [0.3, 0.4) is 0 Å². The number of aryl methyl sites for hydroxylation is 1. The van der Waals surface area contributed by atoms with E-state index >= 15 is 0 Å². The first kappa shape index (κ1) is 11.0. The standard InChI is InChI=1S/C11H10N6S/c1-6-13-11(17-16-6)18-10-9(12)14-7-4-2-3-5-8(7)15-10/h2-5H,1H3,(H2,12,14)(H,13,16,17). The van der Waals surface area contributed by atoms with Crippen LogP contribution in [0, 0.1) is 6.92 Å². The van der Waals surface area contributed by atoms with Crippen molar-refractivity contribution in [2.24, 2.45) is 0 Å². The SMILES string of the molecule is Cc1nc(Sc2nc3ccccc3nc2N)n[nH]1. The summed E-state index contributed by atoms with van der Waals surface area (Å²) in [6.07, 6.45) is 0. The van der Waals surface area contributed by atoms with Crippen LogP contribution in [0.2, 0.25) is 0 Å². The molecule has 6 nitrogen and oxygen atoms in total. The van der Waals surface area contributed by atoms with Gasteiger partial charge in [-0.1, -0.05) is 12.1 Å². The van der Waals surface area contributed by atoms with E-state index in [1.807, 2.05) is 31.2 Å². The summed E-state index contributed by atoms with van der Waals surface area (Å²) >= 11 is 1.30. The van der Waals surface area contributed by atoms with Gasteiger partial charge in [-0.05, 0) is 30.8 Å². The topological polar surface area (TPSA) is 93.4 Å². The number of rotatable bonds is 2. The molecule has 0 aliphatic heterocycles. The molecule has 0 fully saturated rings. The van der Waals surface area contributed by atoms with Crippen LogP contribution in [0.15, 0.2) is 34.4 Å². The lowest BCUT2D eigenvalue weighted by Crippen LogP contribution is -1.97. The third-order valence-corrected chi connectivity index (χ3v) is 3.19. The van der Waals surface area contributed by atoms with Gasteiger partial charge in [-0.2, -0.15) is 0 Å². The number of nitrogens with one attached hydrogen (secondary N) is 1. The molecule has 0 unspecified atom stereocenters. The molecule has 1 aromatic carbocycles. The number of nitrogens with zero attached hydrogens (tertiary/aromatic N) is 4. The Morgan fingerprint density at radius 2 is 1.83 bits per heavy atom. The predicted octanol–water partition coefficient (Wildman–Crippen LogP) is 1.79. The summed E-state index contributed by atoms with van der Waals surface area (Å²) in [7, 11) is 0. The van der Waals surface area contributed by atoms with E-state index in [-0.39, 0.29) is 0 Å². The molecule has 0 aliphatic rings. The van der Waals surface area contributed by atoms with Crippen LogP contribution in [0.5, 0.6) is 0 Å². The smallest absolute Gasteiger partial charge is 0.214 e. The molecule has 18 heavy (non-hydrogen) atoms. The van der Waals surface area contributed by atoms with E-state index in [1.165, 1.54) is 11.8 Å². The minimum Gasteiger partial charge on any atom is -0.381 e. The lowest BCUT2D eigenvalue weighted by Gasteiger charge is -2.03. The summed E-state index contributed by atoms with van der Waals surface area (Å²) < 4.78 is 0. The maximum absolute atomic E-state index is 5.88. The van der Waals surface area contributed by atoms with Crippen LogP contribution in [-0.4, -0.2) is 25.1 Å².